The van der Waals surface area contributed by atoms with Crippen LogP contribution in [0, 0.1) is 19.8 Å². The largest absolute Gasteiger partial charge is 0.493 e. The van der Waals surface area contributed by atoms with Gasteiger partial charge in [-0.3, -0.25) is 4.79 Å². The van der Waals surface area contributed by atoms with Gasteiger partial charge >= 0.3 is 5.97 Å². The van der Waals surface area contributed by atoms with Crippen molar-refractivity contribution in [1.29, 1.82) is 0 Å². The number of aryl methyl sites for hydroxylation is 2. The summed E-state index contributed by atoms with van der Waals surface area (Å²) in [6, 6.07) is 12.3. The number of methoxy groups -OCH3 is 1. The topological polar surface area (TPSA) is 72.9 Å². The summed E-state index contributed by atoms with van der Waals surface area (Å²) in [5.74, 6) is 0.176. The summed E-state index contributed by atoms with van der Waals surface area (Å²) in [5.41, 5.74) is 1.76. The molecule has 6 nitrogen and oxygen atoms in total. The second-order valence-electron chi connectivity index (χ2n) is 7.02. The second kappa shape index (κ2) is 8.32. The summed E-state index contributed by atoms with van der Waals surface area (Å²) in [6.45, 7) is 4.32. The van der Waals surface area contributed by atoms with E-state index >= 15 is 0 Å². The van der Waals surface area contributed by atoms with Crippen molar-refractivity contribution >= 4 is 16.0 Å². The fourth-order valence-electron chi connectivity index (χ4n) is 3.45. The molecule has 0 bridgehead atoms. The van der Waals surface area contributed by atoms with E-state index in [1.54, 1.807) is 43.3 Å². The molecule has 28 heavy (non-hydrogen) atoms. The van der Waals surface area contributed by atoms with E-state index in [0.29, 0.717) is 42.3 Å². The van der Waals surface area contributed by atoms with Crippen LogP contribution in [0.25, 0.3) is 0 Å². The molecule has 0 unspecified atom stereocenters. The van der Waals surface area contributed by atoms with Gasteiger partial charge in [-0.15, -0.1) is 0 Å². The van der Waals surface area contributed by atoms with Gasteiger partial charge in [0.1, 0.15) is 0 Å². The lowest BCUT2D eigenvalue weighted by atomic mass is 9.98. The van der Waals surface area contributed by atoms with Crippen molar-refractivity contribution in [2.45, 2.75) is 31.6 Å². The van der Waals surface area contributed by atoms with Crippen LogP contribution in [0.1, 0.15) is 24.0 Å². The third kappa shape index (κ3) is 4.20. The smallest absolute Gasteiger partial charge is 0.314 e. The monoisotopic (exact) mass is 403 g/mol. The molecule has 150 valence electrons. The summed E-state index contributed by atoms with van der Waals surface area (Å²) < 4.78 is 38.1. The van der Waals surface area contributed by atoms with Gasteiger partial charge in [0.2, 0.25) is 10.0 Å². The maximum atomic E-state index is 13.0. The Morgan fingerprint density at radius 1 is 1.04 bits per heavy atom. The molecule has 0 radical (unpaired) electrons. The summed E-state index contributed by atoms with van der Waals surface area (Å²) in [4.78, 5) is 12.8. The average molecular weight is 404 g/mol. The van der Waals surface area contributed by atoms with E-state index in [1.807, 2.05) is 13.0 Å². The number of benzene rings is 2. The lowest BCUT2D eigenvalue weighted by molar-refractivity contribution is -0.140. The number of rotatable bonds is 5. The maximum Gasteiger partial charge on any atom is 0.314 e. The van der Waals surface area contributed by atoms with E-state index in [9.17, 15) is 13.2 Å². The number of esters is 1. The van der Waals surface area contributed by atoms with E-state index in [-0.39, 0.29) is 11.9 Å². The predicted octanol–water partition coefficient (Wildman–Crippen LogP) is 3.32. The minimum atomic E-state index is -3.57. The Kier molecular flexibility index (Phi) is 6.05. The number of piperidine rings is 1. The highest BCUT2D eigenvalue weighted by molar-refractivity contribution is 7.89. The molecule has 2 aromatic carbocycles. The van der Waals surface area contributed by atoms with E-state index < -0.39 is 10.0 Å². The van der Waals surface area contributed by atoms with Crippen LogP contribution in [0.4, 0.5) is 0 Å². The van der Waals surface area contributed by atoms with E-state index in [0.717, 1.165) is 11.1 Å². The van der Waals surface area contributed by atoms with Gasteiger partial charge in [-0.05, 0) is 50.5 Å². The Morgan fingerprint density at radius 2 is 1.68 bits per heavy atom. The first-order chi connectivity index (χ1) is 13.3. The number of hydrogen-bond donors (Lipinski definition) is 0. The molecule has 0 aromatic heterocycles. The SMILES string of the molecule is COc1ccccc1OC(=O)C1CCN(S(=O)(=O)c2ccc(C)cc2C)CC1. The molecular formula is C21H25NO5S. The summed E-state index contributed by atoms with van der Waals surface area (Å²) >= 11 is 0. The summed E-state index contributed by atoms with van der Waals surface area (Å²) in [5, 5.41) is 0. The maximum absolute atomic E-state index is 13.0. The van der Waals surface area contributed by atoms with E-state index in [1.165, 1.54) is 11.4 Å². The lowest BCUT2D eigenvalue weighted by Crippen LogP contribution is -2.41. The first-order valence-electron chi connectivity index (χ1n) is 9.25. The van der Waals surface area contributed by atoms with Crippen molar-refractivity contribution in [2.75, 3.05) is 20.2 Å². The molecular weight excluding hydrogens is 378 g/mol. The molecule has 3 rings (SSSR count). The van der Waals surface area contributed by atoms with Gasteiger partial charge in [0.25, 0.3) is 0 Å². The van der Waals surface area contributed by atoms with Crippen LogP contribution in [-0.4, -0.2) is 38.9 Å². The summed E-state index contributed by atoms with van der Waals surface area (Å²) in [7, 11) is -2.05. The average Bonchev–Trinajstić information content (AvgIpc) is 2.68. The summed E-state index contributed by atoms with van der Waals surface area (Å²) in [6.07, 6.45) is 0.857. The van der Waals surface area contributed by atoms with E-state index in [4.69, 9.17) is 9.47 Å². The van der Waals surface area contributed by atoms with Gasteiger partial charge in [0, 0.05) is 13.1 Å². The molecule has 0 amide bonds. The van der Waals surface area contributed by atoms with Crippen LogP contribution >= 0.6 is 0 Å². The number of ether oxygens (including phenoxy) is 2. The zero-order valence-corrected chi connectivity index (χ0v) is 17.2. The molecule has 1 saturated heterocycles. The van der Waals surface area contributed by atoms with Crippen molar-refractivity contribution < 1.29 is 22.7 Å². The molecule has 0 atom stereocenters. The number of para-hydroxylation sites is 2. The standard InChI is InChI=1S/C21H25NO5S/c1-15-8-9-20(16(2)14-15)28(24,25)22-12-10-17(11-13-22)21(23)27-19-7-5-4-6-18(19)26-3/h4-9,14,17H,10-13H2,1-3H3. The number of hydrogen-bond acceptors (Lipinski definition) is 5. The van der Waals surface area contributed by atoms with Gasteiger partial charge in [-0.1, -0.05) is 29.8 Å². The predicted molar refractivity (Wildman–Crippen MR) is 106 cm³/mol. The Bertz CT molecular complexity index is 963. The van der Waals surface area contributed by atoms with Crippen LogP contribution in [0.15, 0.2) is 47.4 Å². The molecule has 0 spiro atoms. The van der Waals surface area contributed by atoms with Crippen LogP contribution in [0.3, 0.4) is 0 Å². The van der Waals surface area contributed by atoms with Gasteiger partial charge in [0.15, 0.2) is 11.5 Å². The Hall–Kier alpha value is -2.38. The molecule has 1 fully saturated rings. The third-order valence-corrected chi connectivity index (χ3v) is 7.07. The van der Waals surface area contributed by atoms with Crippen molar-refractivity contribution in [3.63, 3.8) is 0 Å². The zero-order chi connectivity index (χ0) is 20.3. The molecule has 0 saturated carbocycles. The minimum absolute atomic E-state index is 0.293. The zero-order valence-electron chi connectivity index (χ0n) is 16.3. The highest BCUT2D eigenvalue weighted by Crippen LogP contribution is 2.30. The number of carbonyl (C=O) groups excluding carboxylic acids is 1. The first kappa shape index (κ1) is 20.4. The normalized spacial score (nSPS) is 16.0. The van der Waals surface area contributed by atoms with Crippen molar-refractivity contribution in [2.24, 2.45) is 5.92 Å². The molecule has 1 aliphatic heterocycles. The van der Waals surface area contributed by atoms with Crippen LogP contribution < -0.4 is 9.47 Å². The van der Waals surface area contributed by atoms with Gasteiger partial charge < -0.3 is 9.47 Å². The molecule has 0 aliphatic carbocycles. The van der Waals surface area contributed by atoms with Crippen LogP contribution in [0.2, 0.25) is 0 Å². The lowest BCUT2D eigenvalue weighted by Gasteiger charge is -2.30. The molecule has 1 heterocycles. The Labute approximate surface area is 166 Å². The van der Waals surface area contributed by atoms with Gasteiger partial charge in [-0.25, -0.2) is 8.42 Å². The first-order valence-corrected chi connectivity index (χ1v) is 10.7. The van der Waals surface area contributed by atoms with Crippen molar-refractivity contribution in [3.8, 4) is 11.5 Å². The number of nitrogens with zero attached hydrogens (tertiary/aromatic N) is 1. The second-order valence-corrected chi connectivity index (χ2v) is 8.93. The van der Waals surface area contributed by atoms with Crippen LogP contribution in [-0.2, 0) is 14.8 Å². The Morgan fingerprint density at radius 3 is 2.29 bits per heavy atom. The molecule has 7 heteroatoms. The quantitative estimate of drug-likeness (QED) is 0.566. The van der Waals surface area contributed by atoms with Gasteiger partial charge in [0.05, 0.1) is 17.9 Å². The molecule has 2 aromatic rings. The minimum Gasteiger partial charge on any atom is -0.493 e. The van der Waals surface area contributed by atoms with Crippen LogP contribution in [0.5, 0.6) is 11.5 Å². The third-order valence-electron chi connectivity index (χ3n) is 5.02. The number of carbonyl (C=O) groups is 1. The van der Waals surface area contributed by atoms with Gasteiger partial charge in [-0.2, -0.15) is 4.31 Å². The van der Waals surface area contributed by atoms with Crippen molar-refractivity contribution in [3.05, 3.63) is 53.6 Å². The van der Waals surface area contributed by atoms with E-state index in [2.05, 4.69) is 0 Å². The molecule has 1 aliphatic rings. The fourth-order valence-corrected chi connectivity index (χ4v) is 5.13. The Balaban J connectivity index is 1.66. The highest BCUT2D eigenvalue weighted by atomic mass is 32.2. The highest BCUT2D eigenvalue weighted by Gasteiger charge is 2.33. The molecule has 0 N–H and O–H groups in total. The van der Waals surface area contributed by atoms with Crippen molar-refractivity contribution in [1.82, 2.24) is 4.31 Å². The fraction of sp³-hybridized carbons (Fsp3) is 0.381. The number of sulfonamides is 1.